The number of Topliss-reactive ketones (excluding diaryl/α,β-unsaturated/α-hetero) is 1. The lowest BCUT2D eigenvalue weighted by Gasteiger charge is -2.27. The zero-order valence-electron chi connectivity index (χ0n) is 17.9. The third kappa shape index (κ3) is 4.35. The van der Waals surface area contributed by atoms with Crippen LogP contribution in [0, 0.1) is 11.8 Å². The van der Waals surface area contributed by atoms with Crippen LogP contribution in [0.4, 0.5) is 0 Å². The highest BCUT2D eigenvalue weighted by Gasteiger charge is 2.58. The molecule has 0 aromatic heterocycles. The number of carbonyl (C=O) groups is 2. The Bertz CT molecular complexity index is 856. The molecule has 0 spiro atoms. The average Bonchev–Trinajstić information content (AvgIpc) is 3.58. The van der Waals surface area contributed by atoms with Gasteiger partial charge in [-0.15, -0.1) is 0 Å². The molecule has 30 heavy (non-hydrogen) atoms. The van der Waals surface area contributed by atoms with Gasteiger partial charge in [-0.05, 0) is 62.0 Å². The Kier molecular flexibility index (Phi) is 6.36. The van der Waals surface area contributed by atoms with Crippen molar-refractivity contribution in [1.82, 2.24) is 0 Å². The van der Waals surface area contributed by atoms with Crippen molar-refractivity contribution in [2.75, 3.05) is 0 Å². The summed E-state index contributed by atoms with van der Waals surface area (Å²) in [6.45, 7) is 2.12. The first-order valence-electron chi connectivity index (χ1n) is 11.5. The predicted octanol–water partition coefficient (Wildman–Crippen LogP) is 5.87. The molecule has 2 fully saturated rings. The maximum atomic E-state index is 13.8. The van der Waals surface area contributed by atoms with E-state index in [9.17, 15) is 9.59 Å². The summed E-state index contributed by atoms with van der Waals surface area (Å²) in [6, 6.07) is 20.4. The standard InChI is InChI=1S/C27H32O3/c1-2-3-18-27(19-10-13-20-11-6-4-7-12-20)25(28)24(26(29)30-27)23(22-16-17-22)21-14-8-5-9-15-21/h4-9,11-12,14-15,22-24H,2-3,10,13,16-19H2,1H3. The number of benzene rings is 2. The fraction of sp³-hybridized carbons (Fsp3) is 0.481. The van der Waals surface area contributed by atoms with E-state index in [0.29, 0.717) is 18.8 Å². The summed E-state index contributed by atoms with van der Waals surface area (Å²) in [6.07, 6.45) is 7.07. The zero-order valence-corrected chi connectivity index (χ0v) is 17.9. The summed E-state index contributed by atoms with van der Waals surface area (Å²) in [4.78, 5) is 26.9. The highest BCUT2D eigenvalue weighted by Crippen LogP contribution is 2.51. The molecule has 3 atom stereocenters. The van der Waals surface area contributed by atoms with E-state index in [-0.39, 0.29) is 17.7 Å². The number of hydrogen-bond donors (Lipinski definition) is 0. The Morgan fingerprint density at radius 2 is 1.57 bits per heavy atom. The van der Waals surface area contributed by atoms with Gasteiger partial charge >= 0.3 is 5.97 Å². The van der Waals surface area contributed by atoms with Crippen molar-refractivity contribution < 1.29 is 14.3 Å². The smallest absolute Gasteiger partial charge is 0.318 e. The summed E-state index contributed by atoms with van der Waals surface area (Å²) in [5.74, 6) is -0.524. The molecule has 2 aliphatic rings. The highest BCUT2D eigenvalue weighted by molar-refractivity contribution is 6.10. The topological polar surface area (TPSA) is 43.4 Å². The zero-order chi connectivity index (χ0) is 21.0. The molecule has 1 heterocycles. The van der Waals surface area contributed by atoms with E-state index < -0.39 is 11.5 Å². The number of hydrogen-bond acceptors (Lipinski definition) is 3. The number of ketones is 1. The average molecular weight is 405 g/mol. The number of esters is 1. The lowest BCUT2D eigenvalue weighted by molar-refractivity contribution is -0.154. The lowest BCUT2D eigenvalue weighted by Crippen LogP contribution is -2.39. The number of unbranched alkanes of at least 4 members (excludes halogenated alkanes) is 1. The second-order valence-electron chi connectivity index (χ2n) is 8.97. The fourth-order valence-electron chi connectivity index (χ4n) is 5.03. The van der Waals surface area contributed by atoms with Crippen LogP contribution in [0.5, 0.6) is 0 Å². The van der Waals surface area contributed by atoms with E-state index in [4.69, 9.17) is 4.74 Å². The molecule has 0 amide bonds. The molecule has 0 N–H and O–H groups in total. The lowest BCUT2D eigenvalue weighted by atomic mass is 9.75. The maximum Gasteiger partial charge on any atom is 0.318 e. The van der Waals surface area contributed by atoms with E-state index in [2.05, 4.69) is 31.2 Å². The molecule has 4 rings (SSSR count). The molecule has 158 valence electrons. The molecular formula is C27H32O3. The number of cyclic esters (lactones) is 1. The van der Waals surface area contributed by atoms with E-state index in [0.717, 1.165) is 44.1 Å². The van der Waals surface area contributed by atoms with Crippen molar-refractivity contribution in [3.05, 3.63) is 71.8 Å². The quantitative estimate of drug-likeness (QED) is 0.367. The molecule has 3 nitrogen and oxygen atoms in total. The van der Waals surface area contributed by atoms with Gasteiger partial charge in [0.05, 0.1) is 0 Å². The van der Waals surface area contributed by atoms with E-state index in [1.54, 1.807) is 0 Å². The normalized spacial score (nSPS) is 24.6. The van der Waals surface area contributed by atoms with Gasteiger partial charge in [0, 0.05) is 5.92 Å². The molecule has 3 unspecified atom stereocenters. The molecule has 2 aromatic carbocycles. The Labute approximate surface area is 179 Å². The molecule has 1 saturated heterocycles. The first-order valence-corrected chi connectivity index (χ1v) is 11.5. The second kappa shape index (κ2) is 9.16. The fourth-order valence-corrected chi connectivity index (χ4v) is 5.03. The number of rotatable bonds is 10. The third-order valence-electron chi connectivity index (χ3n) is 6.78. The Hall–Kier alpha value is -2.42. The second-order valence-corrected chi connectivity index (χ2v) is 8.97. The molecular weight excluding hydrogens is 372 g/mol. The summed E-state index contributed by atoms with van der Waals surface area (Å²) in [7, 11) is 0. The Morgan fingerprint density at radius 1 is 0.933 bits per heavy atom. The van der Waals surface area contributed by atoms with Crippen LogP contribution in [-0.2, 0) is 20.7 Å². The number of ether oxygens (including phenoxy) is 1. The molecule has 3 heteroatoms. The van der Waals surface area contributed by atoms with Crippen LogP contribution in [0.15, 0.2) is 60.7 Å². The molecule has 1 saturated carbocycles. The SMILES string of the molecule is CCCCC1(CCCc2ccccc2)OC(=O)C(C(c2ccccc2)C2CC2)C1=O. The predicted molar refractivity (Wildman–Crippen MR) is 118 cm³/mol. The Morgan fingerprint density at radius 3 is 2.20 bits per heavy atom. The maximum absolute atomic E-state index is 13.8. The summed E-state index contributed by atoms with van der Waals surface area (Å²) >= 11 is 0. The van der Waals surface area contributed by atoms with Crippen LogP contribution >= 0.6 is 0 Å². The van der Waals surface area contributed by atoms with Crippen LogP contribution in [0.3, 0.4) is 0 Å². The van der Waals surface area contributed by atoms with Gasteiger partial charge in [0.1, 0.15) is 5.92 Å². The minimum absolute atomic E-state index is 0.0368. The molecule has 0 bridgehead atoms. The highest BCUT2D eigenvalue weighted by atomic mass is 16.6. The van der Waals surface area contributed by atoms with Crippen molar-refractivity contribution in [1.29, 1.82) is 0 Å². The van der Waals surface area contributed by atoms with Crippen molar-refractivity contribution >= 4 is 11.8 Å². The van der Waals surface area contributed by atoms with Gasteiger partial charge < -0.3 is 4.74 Å². The van der Waals surface area contributed by atoms with Crippen LogP contribution < -0.4 is 0 Å². The van der Waals surface area contributed by atoms with Crippen LogP contribution in [0.1, 0.15) is 68.9 Å². The first-order chi connectivity index (χ1) is 14.6. The van der Waals surface area contributed by atoms with E-state index in [1.165, 1.54) is 5.56 Å². The van der Waals surface area contributed by atoms with Crippen molar-refractivity contribution in [3.63, 3.8) is 0 Å². The minimum Gasteiger partial charge on any atom is -0.450 e. The molecule has 1 aliphatic heterocycles. The van der Waals surface area contributed by atoms with Crippen LogP contribution in [0.25, 0.3) is 0 Å². The largest absolute Gasteiger partial charge is 0.450 e. The number of carbonyl (C=O) groups excluding carboxylic acids is 2. The molecule has 0 radical (unpaired) electrons. The summed E-state index contributed by atoms with van der Waals surface area (Å²) in [5, 5.41) is 0. The van der Waals surface area contributed by atoms with Crippen LogP contribution in [0.2, 0.25) is 0 Å². The molecule has 2 aromatic rings. The number of aryl methyl sites for hydroxylation is 1. The molecule has 1 aliphatic carbocycles. The van der Waals surface area contributed by atoms with E-state index in [1.807, 2.05) is 36.4 Å². The first kappa shape index (κ1) is 20.8. The van der Waals surface area contributed by atoms with Gasteiger partial charge in [-0.25, -0.2) is 0 Å². The Balaban J connectivity index is 1.55. The van der Waals surface area contributed by atoms with Gasteiger partial charge in [0.2, 0.25) is 0 Å². The monoisotopic (exact) mass is 404 g/mol. The minimum atomic E-state index is -0.936. The summed E-state index contributed by atoms with van der Waals surface area (Å²) in [5.41, 5.74) is 1.43. The van der Waals surface area contributed by atoms with Crippen molar-refractivity contribution in [2.45, 2.75) is 69.8 Å². The van der Waals surface area contributed by atoms with Gasteiger partial charge in [-0.3, -0.25) is 9.59 Å². The van der Waals surface area contributed by atoms with Gasteiger partial charge in [0.25, 0.3) is 0 Å². The third-order valence-corrected chi connectivity index (χ3v) is 6.78. The van der Waals surface area contributed by atoms with E-state index >= 15 is 0 Å². The van der Waals surface area contributed by atoms with Gasteiger partial charge in [0.15, 0.2) is 11.4 Å². The van der Waals surface area contributed by atoms with Crippen molar-refractivity contribution in [2.24, 2.45) is 11.8 Å². The van der Waals surface area contributed by atoms with Gasteiger partial charge in [-0.1, -0.05) is 74.0 Å². The summed E-state index contributed by atoms with van der Waals surface area (Å²) < 4.78 is 6.01. The van der Waals surface area contributed by atoms with Gasteiger partial charge in [-0.2, -0.15) is 0 Å². The van der Waals surface area contributed by atoms with Crippen LogP contribution in [-0.4, -0.2) is 17.4 Å². The van der Waals surface area contributed by atoms with Crippen molar-refractivity contribution in [3.8, 4) is 0 Å².